The van der Waals surface area contributed by atoms with E-state index in [1.165, 1.54) is 0 Å². The highest BCUT2D eigenvalue weighted by molar-refractivity contribution is 5.96. The molecule has 0 spiro atoms. The average Bonchev–Trinajstić information content (AvgIpc) is 3.18. The molecule has 0 amide bonds. The van der Waals surface area contributed by atoms with Crippen LogP contribution in [0.5, 0.6) is 0 Å². The molecule has 1 aromatic carbocycles. The summed E-state index contributed by atoms with van der Waals surface area (Å²) in [6, 6.07) is 16.3. The van der Waals surface area contributed by atoms with E-state index in [2.05, 4.69) is 39.8 Å². The number of imidazole rings is 1. The lowest BCUT2D eigenvalue weighted by atomic mass is 10.1. The minimum absolute atomic E-state index is 0.896. The average molecular weight is 325 g/mol. The SMILES string of the molecule is Cc1ccncc1-c1nc2cn3ncccc3c2n1-c1ccccc1. The maximum atomic E-state index is 4.92. The molecular weight excluding hydrogens is 310 g/mol. The Hall–Kier alpha value is -3.47. The van der Waals surface area contributed by atoms with Gasteiger partial charge in [-0.1, -0.05) is 18.2 Å². The van der Waals surface area contributed by atoms with Crippen molar-refractivity contribution in [1.82, 2.24) is 24.1 Å². The molecule has 0 aliphatic carbocycles. The first kappa shape index (κ1) is 13.9. The number of benzene rings is 1. The third-order valence-corrected chi connectivity index (χ3v) is 4.46. The summed E-state index contributed by atoms with van der Waals surface area (Å²) in [5, 5.41) is 4.40. The van der Waals surface area contributed by atoms with Gasteiger partial charge in [0.15, 0.2) is 0 Å². The van der Waals surface area contributed by atoms with Crippen molar-refractivity contribution in [2.45, 2.75) is 6.92 Å². The smallest absolute Gasteiger partial charge is 0.147 e. The molecule has 0 atom stereocenters. The van der Waals surface area contributed by atoms with Gasteiger partial charge in [-0.3, -0.25) is 9.55 Å². The number of pyridine rings is 1. The largest absolute Gasteiger partial charge is 0.290 e. The Labute approximate surface area is 144 Å². The van der Waals surface area contributed by atoms with E-state index >= 15 is 0 Å². The van der Waals surface area contributed by atoms with Crippen molar-refractivity contribution in [1.29, 1.82) is 0 Å². The number of nitrogens with zero attached hydrogens (tertiary/aromatic N) is 5. The van der Waals surface area contributed by atoms with Gasteiger partial charge in [0.25, 0.3) is 0 Å². The fraction of sp³-hybridized carbons (Fsp3) is 0.0500. The summed E-state index contributed by atoms with van der Waals surface area (Å²) in [6.45, 7) is 2.08. The minimum atomic E-state index is 0.896. The molecule has 0 aliphatic rings. The molecule has 120 valence electrons. The van der Waals surface area contributed by atoms with Crippen molar-refractivity contribution >= 4 is 16.6 Å². The maximum Gasteiger partial charge on any atom is 0.147 e. The maximum absolute atomic E-state index is 4.92. The van der Waals surface area contributed by atoms with E-state index in [9.17, 15) is 0 Å². The number of para-hydroxylation sites is 1. The molecule has 0 bridgehead atoms. The van der Waals surface area contributed by atoms with Crippen molar-refractivity contribution < 1.29 is 0 Å². The van der Waals surface area contributed by atoms with Gasteiger partial charge in [0, 0.05) is 29.8 Å². The van der Waals surface area contributed by atoms with Crippen LogP contribution in [0, 0.1) is 6.92 Å². The van der Waals surface area contributed by atoms with Crippen LogP contribution in [0.2, 0.25) is 0 Å². The van der Waals surface area contributed by atoms with E-state index < -0.39 is 0 Å². The first-order valence-corrected chi connectivity index (χ1v) is 8.14. The molecule has 5 rings (SSSR count). The van der Waals surface area contributed by atoms with E-state index in [1.54, 1.807) is 6.20 Å². The summed E-state index contributed by atoms with van der Waals surface area (Å²) < 4.78 is 4.06. The molecule has 5 nitrogen and oxygen atoms in total. The highest BCUT2D eigenvalue weighted by Gasteiger charge is 2.19. The monoisotopic (exact) mass is 325 g/mol. The fourth-order valence-electron chi connectivity index (χ4n) is 3.27. The normalized spacial score (nSPS) is 11.4. The zero-order chi connectivity index (χ0) is 16.8. The Morgan fingerprint density at radius 2 is 1.80 bits per heavy atom. The van der Waals surface area contributed by atoms with Crippen molar-refractivity contribution in [2.24, 2.45) is 0 Å². The van der Waals surface area contributed by atoms with Crippen LogP contribution in [0.4, 0.5) is 0 Å². The van der Waals surface area contributed by atoms with Crippen LogP contribution < -0.4 is 0 Å². The summed E-state index contributed by atoms with van der Waals surface area (Å²) in [7, 11) is 0. The van der Waals surface area contributed by atoms with Crippen molar-refractivity contribution in [3.63, 3.8) is 0 Å². The lowest BCUT2D eigenvalue weighted by Gasteiger charge is -2.11. The molecular formula is C20H15N5. The van der Waals surface area contributed by atoms with Crippen LogP contribution in [0.15, 0.2) is 73.3 Å². The molecule has 0 N–H and O–H groups in total. The molecule has 0 radical (unpaired) electrons. The van der Waals surface area contributed by atoms with E-state index in [0.717, 1.165) is 39.2 Å². The van der Waals surface area contributed by atoms with E-state index in [-0.39, 0.29) is 0 Å². The van der Waals surface area contributed by atoms with Gasteiger partial charge >= 0.3 is 0 Å². The second kappa shape index (κ2) is 5.27. The highest BCUT2D eigenvalue weighted by atomic mass is 15.2. The van der Waals surface area contributed by atoms with Crippen LogP contribution in [0.1, 0.15) is 5.56 Å². The predicted octanol–water partition coefficient (Wildman–Crippen LogP) is 4.04. The first-order valence-electron chi connectivity index (χ1n) is 8.14. The third kappa shape index (κ3) is 2.06. The molecule has 4 heterocycles. The van der Waals surface area contributed by atoms with Gasteiger partial charge in [-0.25, -0.2) is 9.50 Å². The van der Waals surface area contributed by atoms with E-state index in [4.69, 9.17) is 4.98 Å². The van der Waals surface area contributed by atoms with Gasteiger partial charge in [0.05, 0.1) is 11.7 Å². The molecule has 0 aliphatic heterocycles. The van der Waals surface area contributed by atoms with Crippen LogP contribution in [0.3, 0.4) is 0 Å². The van der Waals surface area contributed by atoms with E-state index in [1.807, 2.05) is 53.4 Å². The summed E-state index contributed by atoms with van der Waals surface area (Å²) >= 11 is 0. The molecule has 4 aromatic heterocycles. The van der Waals surface area contributed by atoms with Crippen LogP contribution >= 0.6 is 0 Å². The first-order chi connectivity index (χ1) is 12.3. The fourth-order valence-corrected chi connectivity index (χ4v) is 3.27. The van der Waals surface area contributed by atoms with Crippen molar-refractivity contribution in [3.8, 4) is 17.1 Å². The summed E-state index contributed by atoms with van der Waals surface area (Å²) in [5.41, 5.74) is 6.25. The molecule has 0 fully saturated rings. The van der Waals surface area contributed by atoms with Crippen LogP contribution in [-0.2, 0) is 0 Å². The summed E-state index contributed by atoms with van der Waals surface area (Å²) in [5.74, 6) is 0.896. The number of aryl methyl sites for hydroxylation is 1. The minimum Gasteiger partial charge on any atom is -0.290 e. The quantitative estimate of drug-likeness (QED) is 0.492. The van der Waals surface area contributed by atoms with Crippen molar-refractivity contribution in [3.05, 3.63) is 78.9 Å². The van der Waals surface area contributed by atoms with Gasteiger partial charge in [-0.2, -0.15) is 5.10 Å². The Bertz CT molecular complexity index is 1200. The summed E-state index contributed by atoms with van der Waals surface area (Å²) in [4.78, 5) is 9.22. The number of aromatic nitrogens is 5. The number of fused-ring (bicyclic) bond motifs is 3. The highest BCUT2D eigenvalue weighted by Crippen LogP contribution is 2.32. The Balaban J connectivity index is 1.94. The van der Waals surface area contributed by atoms with Gasteiger partial charge in [0.2, 0.25) is 0 Å². The second-order valence-corrected chi connectivity index (χ2v) is 6.01. The Kier molecular flexibility index (Phi) is 2.94. The standard InChI is InChI=1S/C20H15N5/c1-14-9-11-21-12-16(14)20-23-17-13-24-18(8-5-10-22-24)19(17)25(20)15-6-3-2-4-7-15/h2-13H,1H3. The van der Waals surface area contributed by atoms with Gasteiger partial charge < -0.3 is 0 Å². The summed E-state index contributed by atoms with van der Waals surface area (Å²) in [6.07, 6.45) is 7.44. The molecule has 0 unspecified atom stereocenters. The Morgan fingerprint density at radius 3 is 2.64 bits per heavy atom. The zero-order valence-electron chi connectivity index (χ0n) is 13.7. The van der Waals surface area contributed by atoms with E-state index in [0.29, 0.717) is 0 Å². The van der Waals surface area contributed by atoms with Crippen LogP contribution in [-0.4, -0.2) is 24.1 Å². The topological polar surface area (TPSA) is 48.0 Å². The Morgan fingerprint density at radius 1 is 0.920 bits per heavy atom. The number of hydrogen-bond donors (Lipinski definition) is 0. The third-order valence-electron chi connectivity index (χ3n) is 4.46. The zero-order valence-corrected chi connectivity index (χ0v) is 13.7. The van der Waals surface area contributed by atoms with Gasteiger partial charge in [-0.05, 0) is 42.8 Å². The van der Waals surface area contributed by atoms with Crippen molar-refractivity contribution in [2.75, 3.05) is 0 Å². The molecule has 5 aromatic rings. The van der Waals surface area contributed by atoms with Gasteiger partial charge in [-0.15, -0.1) is 0 Å². The second-order valence-electron chi connectivity index (χ2n) is 6.01. The van der Waals surface area contributed by atoms with Gasteiger partial charge in [0.1, 0.15) is 16.9 Å². The molecule has 0 saturated heterocycles. The number of hydrogen-bond acceptors (Lipinski definition) is 3. The van der Waals surface area contributed by atoms with Crippen LogP contribution in [0.25, 0.3) is 33.6 Å². The lowest BCUT2D eigenvalue weighted by molar-refractivity contribution is 0.939. The molecule has 0 saturated carbocycles. The number of rotatable bonds is 2. The predicted molar refractivity (Wildman–Crippen MR) is 97.8 cm³/mol. The molecule has 5 heteroatoms. The lowest BCUT2D eigenvalue weighted by Crippen LogP contribution is -2.00. The molecule has 25 heavy (non-hydrogen) atoms.